The zero-order chi connectivity index (χ0) is 18.2. The molecule has 2 amide bonds. The van der Waals surface area contributed by atoms with Gasteiger partial charge in [-0.3, -0.25) is 19.3 Å². The topological polar surface area (TPSA) is 102 Å². The number of rotatable bonds is 8. The van der Waals surface area contributed by atoms with Gasteiger partial charge in [0.25, 0.3) is 5.91 Å². The maximum atomic E-state index is 11.7. The van der Waals surface area contributed by atoms with Gasteiger partial charge >= 0.3 is 5.97 Å². The number of nitrogens with one attached hydrogen (secondary N) is 1. The van der Waals surface area contributed by atoms with E-state index in [1.54, 1.807) is 16.3 Å². The number of furan rings is 1. The zero-order valence-corrected chi connectivity index (χ0v) is 14.8. The number of hydrogen-bond acceptors (Lipinski definition) is 7. The fourth-order valence-corrected chi connectivity index (χ4v) is 2.90. The van der Waals surface area contributed by atoms with E-state index >= 15 is 0 Å². The minimum Gasteiger partial charge on any atom is -0.459 e. The molecule has 0 aromatic carbocycles. The van der Waals surface area contributed by atoms with E-state index in [-0.39, 0.29) is 37.1 Å². The van der Waals surface area contributed by atoms with Crippen LogP contribution in [0.15, 0.2) is 28.2 Å². The van der Waals surface area contributed by atoms with Crippen LogP contribution in [0.1, 0.15) is 36.5 Å². The first-order valence-electron chi connectivity index (χ1n) is 7.71. The molecule has 1 N–H and O–H groups in total. The van der Waals surface area contributed by atoms with Crippen LogP contribution in [0.25, 0.3) is 0 Å². The number of nitrogens with zero attached hydrogens (tertiary/aromatic N) is 2. The molecule has 0 aliphatic rings. The highest BCUT2D eigenvalue weighted by atomic mass is 32.1. The average molecular weight is 365 g/mol. The van der Waals surface area contributed by atoms with Crippen LogP contribution in [0, 0.1) is 0 Å². The van der Waals surface area contributed by atoms with Crippen LogP contribution >= 0.6 is 11.3 Å². The Hall–Kier alpha value is -2.68. The maximum absolute atomic E-state index is 11.7. The monoisotopic (exact) mass is 365 g/mol. The van der Waals surface area contributed by atoms with Crippen LogP contribution in [0.5, 0.6) is 0 Å². The molecule has 0 unspecified atom stereocenters. The molecule has 25 heavy (non-hydrogen) atoms. The van der Waals surface area contributed by atoms with Crippen molar-refractivity contribution in [2.24, 2.45) is 0 Å². The van der Waals surface area contributed by atoms with Crippen molar-refractivity contribution >= 4 is 34.3 Å². The van der Waals surface area contributed by atoms with Gasteiger partial charge in [-0.25, -0.2) is 4.98 Å². The molecule has 2 aromatic rings. The van der Waals surface area contributed by atoms with Crippen LogP contribution < -0.4 is 10.2 Å². The summed E-state index contributed by atoms with van der Waals surface area (Å²) in [6, 6.07) is 3.14. The Kier molecular flexibility index (Phi) is 6.70. The van der Waals surface area contributed by atoms with E-state index in [0.717, 1.165) is 0 Å². The summed E-state index contributed by atoms with van der Waals surface area (Å²) in [4.78, 5) is 40.6. The van der Waals surface area contributed by atoms with Gasteiger partial charge in [0.15, 0.2) is 10.9 Å². The van der Waals surface area contributed by atoms with Gasteiger partial charge in [-0.2, -0.15) is 0 Å². The second-order valence-corrected chi connectivity index (χ2v) is 5.87. The first-order valence-corrected chi connectivity index (χ1v) is 8.59. The highest BCUT2D eigenvalue weighted by molar-refractivity contribution is 7.14. The second-order valence-electron chi connectivity index (χ2n) is 5.03. The molecule has 0 aliphatic heterocycles. The van der Waals surface area contributed by atoms with Crippen LogP contribution in [0.3, 0.4) is 0 Å². The first kappa shape index (κ1) is 18.7. The minimum atomic E-state index is -0.451. The largest absolute Gasteiger partial charge is 0.459 e. The fourth-order valence-electron chi connectivity index (χ4n) is 1.98. The van der Waals surface area contributed by atoms with Gasteiger partial charge in [-0.05, 0) is 19.1 Å². The third-order valence-electron chi connectivity index (χ3n) is 3.21. The summed E-state index contributed by atoms with van der Waals surface area (Å²) in [5, 5.41) is 4.88. The van der Waals surface area contributed by atoms with E-state index < -0.39 is 5.97 Å². The van der Waals surface area contributed by atoms with E-state index in [4.69, 9.17) is 9.15 Å². The Bertz CT molecular complexity index is 726. The van der Waals surface area contributed by atoms with Crippen molar-refractivity contribution < 1.29 is 23.5 Å². The Morgan fingerprint density at radius 1 is 1.40 bits per heavy atom. The summed E-state index contributed by atoms with van der Waals surface area (Å²) in [5.41, 5.74) is 0.577. The highest BCUT2D eigenvalue weighted by Crippen LogP contribution is 2.21. The molecule has 2 aromatic heterocycles. The van der Waals surface area contributed by atoms with Crippen LogP contribution in [0.2, 0.25) is 0 Å². The molecule has 0 bridgehead atoms. The molecule has 2 heterocycles. The zero-order valence-electron chi connectivity index (χ0n) is 14.0. The van der Waals surface area contributed by atoms with Crippen molar-refractivity contribution in [1.82, 2.24) is 10.3 Å². The van der Waals surface area contributed by atoms with Gasteiger partial charge in [0.2, 0.25) is 5.91 Å². The second kappa shape index (κ2) is 8.97. The lowest BCUT2D eigenvalue weighted by Crippen LogP contribution is -2.27. The molecule has 0 spiro atoms. The number of aromatic nitrogens is 1. The van der Waals surface area contributed by atoms with Crippen molar-refractivity contribution in [2.75, 3.05) is 18.0 Å². The van der Waals surface area contributed by atoms with Crippen molar-refractivity contribution in [3.63, 3.8) is 0 Å². The molecule has 0 aliphatic carbocycles. The van der Waals surface area contributed by atoms with E-state index in [1.807, 2.05) is 6.92 Å². The third kappa shape index (κ3) is 5.42. The minimum absolute atomic E-state index is 0.0247. The van der Waals surface area contributed by atoms with Gasteiger partial charge in [-0.1, -0.05) is 0 Å². The summed E-state index contributed by atoms with van der Waals surface area (Å²) in [6.45, 7) is 4.03. The molecule has 9 heteroatoms. The van der Waals surface area contributed by atoms with E-state index in [2.05, 4.69) is 10.3 Å². The predicted molar refractivity (Wildman–Crippen MR) is 91.3 cm³/mol. The van der Waals surface area contributed by atoms with Gasteiger partial charge in [0, 0.05) is 25.4 Å². The molecular weight excluding hydrogens is 346 g/mol. The molecule has 134 valence electrons. The standard InChI is InChI=1S/C16H19N3O5S/c1-3-19(11(2)20)16-18-12(10-25-16)9-24-14(21)6-7-17-15(22)13-5-4-8-23-13/h4-5,8,10H,3,6-7,9H2,1-2H3,(H,17,22). The van der Waals surface area contributed by atoms with E-state index in [1.165, 1.54) is 30.6 Å². The molecular formula is C16H19N3O5S. The lowest BCUT2D eigenvalue weighted by atomic mass is 10.4. The van der Waals surface area contributed by atoms with E-state index in [0.29, 0.717) is 17.4 Å². The van der Waals surface area contributed by atoms with E-state index in [9.17, 15) is 14.4 Å². The van der Waals surface area contributed by atoms with Gasteiger partial charge < -0.3 is 14.5 Å². The molecule has 8 nitrogen and oxygen atoms in total. The molecule has 0 saturated carbocycles. The van der Waals surface area contributed by atoms with Gasteiger partial charge in [-0.15, -0.1) is 11.3 Å². The molecule has 0 saturated heterocycles. The average Bonchev–Trinajstić information content (AvgIpc) is 3.25. The summed E-state index contributed by atoms with van der Waals surface area (Å²) >= 11 is 1.32. The Balaban J connectivity index is 1.72. The van der Waals surface area contributed by atoms with Crippen molar-refractivity contribution in [3.8, 4) is 0 Å². The van der Waals surface area contributed by atoms with Crippen LogP contribution in [0.4, 0.5) is 5.13 Å². The van der Waals surface area contributed by atoms with Crippen LogP contribution in [-0.2, 0) is 20.9 Å². The maximum Gasteiger partial charge on any atom is 0.307 e. The molecule has 0 atom stereocenters. The number of amides is 2. The lowest BCUT2D eigenvalue weighted by molar-refractivity contribution is -0.144. The first-order chi connectivity index (χ1) is 12.0. The fraction of sp³-hybridized carbons (Fsp3) is 0.375. The van der Waals surface area contributed by atoms with Gasteiger partial charge in [0.1, 0.15) is 6.61 Å². The molecule has 0 radical (unpaired) electrons. The Labute approximate surface area is 148 Å². The smallest absolute Gasteiger partial charge is 0.307 e. The van der Waals surface area contributed by atoms with Crippen LogP contribution in [-0.4, -0.2) is 35.9 Å². The summed E-state index contributed by atoms with van der Waals surface area (Å²) in [6.07, 6.45) is 1.44. The molecule has 0 fully saturated rings. The number of anilines is 1. The Morgan fingerprint density at radius 3 is 2.84 bits per heavy atom. The predicted octanol–water partition coefficient (Wildman–Crippen LogP) is 1.97. The SMILES string of the molecule is CCN(C(C)=O)c1nc(COC(=O)CCNC(=O)c2ccco2)cs1. The highest BCUT2D eigenvalue weighted by Gasteiger charge is 2.14. The summed E-state index contributed by atoms with van der Waals surface area (Å²) < 4.78 is 10.1. The normalized spacial score (nSPS) is 10.3. The number of hydrogen-bond donors (Lipinski definition) is 1. The van der Waals surface area contributed by atoms with Crippen molar-refractivity contribution in [2.45, 2.75) is 26.9 Å². The van der Waals surface area contributed by atoms with Crippen molar-refractivity contribution in [3.05, 3.63) is 35.2 Å². The summed E-state index contributed by atoms with van der Waals surface area (Å²) in [7, 11) is 0. The number of carbonyl (C=O) groups excluding carboxylic acids is 3. The summed E-state index contributed by atoms with van der Waals surface area (Å²) in [5.74, 6) is -0.735. The number of esters is 1. The lowest BCUT2D eigenvalue weighted by Gasteiger charge is -2.14. The quantitative estimate of drug-likeness (QED) is 0.718. The molecule has 2 rings (SSSR count). The third-order valence-corrected chi connectivity index (χ3v) is 4.12. The number of thiazole rings is 1. The number of carbonyl (C=O) groups is 3. The van der Waals surface area contributed by atoms with Gasteiger partial charge in [0.05, 0.1) is 18.4 Å². The van der Waals surface area contributed by atoms with Crippen molar-refractivity contribution in [1.29, 1.82) is 0 Å². The Morgan fingerprint density at radius 2 is 2.20 bits per heavy atom. The number of ether oxygens (including phenoxy) is 1.